The number of nitrogens with zero attached hydrogens (tertiary/aromatic N) is 4. The third-order valence-electron chi connectivity index (χ3n) is 3.29. The summed E-state index contributed by atoms with van der Waals surface area (Å²) in [4.78, 5) is 4.15. The maximum Gasteiger partial charge on any atom is 0.153 e. The summed E-state index contributed by atoms with van der Waals surface area (Å²) >= 11 is 5.86. The van der Waals surface area contributed by atoms with Crippen molar-refractivity contribution in [1.29, 1.82) is 0 Å². The van der Waals surface area contributed by atoms with Gasteiger partial charge in [-0.1, -0.05) is 0 Å². The minimum Gasteiger partial charge on any atom is -0.325 e. The van der Waals surface area contributed by atoms with E-state index in [1.807, 2.05) is 13.1 Å². The molecule has 0 amide bonds. The number of aryl methyl sites for hydroxylation is 3. The van der Waals surface area contributed by atoms with Gasteiger partial charge in [0.2, 0.25) is 0 Å². The second kappa shape index (κ2) is 5.44. The normalized spacial score (nSPS) is 11.4. The maximum absolute atomic E-state index is 13.8. The van der Waals surface area contributed by atoms with E-state index in [4.69, 9.17) is 11.6 Å². The first kappa shape index (κ1) is 14.0. The molecule has 7 heteroatoms. The summed E-state index contributed by atoms with van der Waals surface area (Å²) in [7, 11) is 0. The molecule has 0 N–H and O–H groups in total. The summed E-state index contributed by atoms with van der Waals surface area (Å²) in [6.45, 7) is 3.01. The summed E-state index contributed by atoms with van der Waals surface area (Å²) in [6.07, 6.45) is 3.66. The van der Waals surface area contributed by atoms with Crippen LogP contribution < -0.4 is 0 Å². The van der Waals surface area contributed by atoms with Crippen LogP contribution in [-0.2, 0) is 19.0 Å². The van der Waals surface area contributed by atoms with Crippen LogP contribution >= 0.6 is 11.6 Å². The van der Waals surface area contributed by atoms with Crippen molar-refractivity contribution in [3.63, 3.8) is 0 Å². The van der Waals surface area contributed by atoms with E-state index in [2.05, 4.69) is 10.1 Å². The lowest BCUT2D eigenvalue weighted by molar-refractivity contribution is 0.531. The summed E-state index contributed by atoms with van der Waals surface area (Å²) in [5.74, 6) is -0.657. The van der Waals surface area contributed by atoms with Gasteiger partial charge in [0.15, 0.2) is 5.82 Å². The predicted molar refractivity (Wildman–Crippen MR) is 76.2 cm³/mol. The Labute approximate surface area is 125 Å². The van der Waals surface area contributed by atoms with Gasteiger partial charge in [-0.15, -0.1) is 11.6 Å². The standard InChI is InChI=1S/C14H13ClF2N4/c1-9-7-18-20(8-9)2-3-21-12-5-10(16)4-11(17)14(12)19-13(21)6-15/h4-5,7-8H,2-3,6H2,1H3. The van der Waals surface area contributed by atoms with Crippen LogP contribution in [0.1, 0.15) is 11.4 Å². The number of benzene rings is 1. The Balaban J connectivity index is 1.99. The number of fused-ring (bicyclic) bond motifs is 1. The van der Waals surface area contributed by atoms with Crippen molar-refractivity contribution >= 4 is 22.6 Å². The molecule has 0 aliphatic heterocycles. The maximum atomic E-state index is 13.8. The van der Waals surface area contributed by atoms with Gasteiger partial charge in [0, 0.05) is 18.8 Å². The van der Waals surface area contributed by atoms with Gasteiger partial charge in [-0.25, -0.2) is 13.8 Å². The van der Waals surface area contributed by atoms with Crippen molar-refractivity contribution in [2.75, 3.05) is 0 Å². The lowest BCUT2D eigenvalue weighted by Crippen LogP contribution is -2.10. The summed E-state index contributed by atoms with van der Waals surface area (Å²) in [5, 5.41) is 4.19. The molecule has 0 spiro atoms. The van der Waals surface area contributed by atoms with Crippen molar-refractivity contribution in [1.82, 2.24) is 19.3 Å². The Kier molecular flexibility index (Phi) is 3.63. The number of aromatic nitrogens is 4. The van der Waals surface area contributed by atoms with E-state index < -0.39 is 11.6 Å². The number of rotatable bonds is 4. The van der Waals surface area contributed by atoms with Crippen LogP contribution in [0.15, 0.2) is 24.5 Å². The van der Waals surface area contributed by atoms with Crippen LogP contribution in [0.5, 0.6) is 0 Å². The molecule has 3 aromatic rings. The van der Waals surface area contributed by atoms with Crippen LogP contribution in [0.3, 0.4) is 0 Å². The van der Waals surface area contributed by atoms with Gasteiger partial charge in [-0.05, 0) is 18.6 Å². The highest BCUT2D eigenvalue weighted by Gasteiger charge is 2.15. The zero-order valence-corrected chi connectivity index (χ0v) is 12.1. The molecular weight excluding hydrogens is 298 g/mol. The van der Waals surface area contributed by atoms with Crippen LogP contribution in [0.2, 0.25) is 0 Å². The fraction of sp³-hybridized carbons (Fsp3) is 0.286. The highest BCUT2D eigenvalue weighted by atomic mass is 35.5. The molecule has 0 atom stereocenters. The molecule has 0 aliphatic rings. The van der Waals surface area contributed by atoms with Gasteiger partial charge >= 0.3 is 0 Å². The van der Waals surface area contributed by atoms with Gasteiger partial charge in [0.05, 0.1) is 24.1 Å². The van der Waals surface area contributed by atoms with E-state index in [-0.39, 0.29) is 11.4 Å². The lowest BCUT2D eigenvalue weighted by atomic mass is 10.3. The van der Waals surface area contributed by atoms with Crippen molar-refractivity contribution in [3.8, 4) is 0 Å². The molecule has 3 rings (SSSR count). The molecule has 0 saturated heterocycles. The first-order chi connectivity index (χ1) is 10.1. The Morgan fingerprint density at radius 2 is 2.05 bits per heavy atom. The van der Waals surface area contributed by atoms with Crippen LogP contribution in [0, 0.1) is 18.6 Å². The molecule has 2 aromatic heterocycles. The van der Waals surface area contributed by atoms with E-state index in [0.29, 0.717) is 24.4 Å². The van der Waals surface area contributed by atoms with Crippen molar-refractivity contribution < 1.29 is 8.78 Å². The third-order valence-corrected chi connectivity index (χ3v) is 3.52. The Hall–Kier alpha value is -1.95. The van der Waals surface area contributed by atoms with Crippen LogP contribution in [0.4, 0.5) is 8.78 Å². The first-order valence-electron chi connectivity index (χ1n) is 6.47. The molecule has 1 aromatic carbocycles. The minimum absolute atomic E-state index is 0.133. The first-order valence-corrected chi connectivity index (χ1v) is 7.01. The monoisotopic (exact) mass is 310 g/mol. The largest absolute Gasteiger partial charge is 0.325 e. The number of hydrogen-bond donors (Lipinski definition) is 0. The molecule has 0 fully saturated rings. The van der Waals surface area contributed by atoms with E-state index in [1.165, 1.54) is 6.07 Å². The highest BCUT2D eigenvalue weighted by molar-refractivity contribution is 6.16. The number of hydrogen-bond acceptors (Lipinski definition) is 2. The molecule has 0 radical (unpaired) electrons. The molecular formula is C14H13ClF2N4. The number of halogens is 3. The molecule has 2 heterocycles. The van der Waals surface area contributed by atoms with Crippen molar-refractivity contribution in [2.45, 2.75) is 25.9 Å². The van der Waals surface area contributed by atoms with Gasteiger partial charge in [-0.2, -0.15) is 5.10 Å². The Morgan fingerprint density at radius 1 is 1.24 bits per heavy atom. The average molecular weight is 311 g/mol. The molecule has 0 aliphatic carbocycles. The van der Waals surface area contributed by atoms with Gasteiger partial charge in [-0.3, -0.25) is 4.68 Å². The molecule has 110 valence electrons. The summed E-state index contributed by atoms with van der Waals surface area (Å²) in [5.41, 5.74) is 1.61. The highest BCUT2D eigenvalue weighted by Crippen LogP contribution is 2.22. The molecule has 0 unspecified atom stereocenters. The third kappa shape index (κ3) is 2.63. The van der Waals surface area contributed by atoms with Crippen molar-refractivity contribution in [3.05, 3.63) is 47.5 Å². The van der Waals surface area contributed by atoms with Gasteiger partial charge in [0.25, 0.3) is 0 Å². The second-order valence-electron chi connectivity index (χ2n) is 4.85. The molecule has 4 nitrogen and oxygen atoms in total. The number of alkyl halides is 1. The lowest BCUT2D eigenvalue weighted by Gasteiger charge is -2.08. The fourth-order valence-corrected chi connectivity index (χ4v) is 2.54. The predicted octanol–water partition coefficient (Wildman–Crippen LogP) is 3.26. The Morgan fingerprint density at radius 3 is 2.71 bits per heavy atom. The van der Waals surface area contributed by atoms with Gasteiger partial charge in [0.1, 0.15) is 17.2 Å². The van der Waals surface area contributed by atoms with E-state index in [0.717, 1.165) is 11.6 Å². The SMILES string of the molecule is Cc1cnn(CCn2c(CCl)nc3c(F)cc(F)cc32)c1. The van der Waals surface area contributed by atoms with E-state index >= 15 is 0 Å². The molecule has 0 saturated carbocycles. The number of imidazole rings is 1. The van der Waals surface area contributed by atoms with E-state index in [9.17, 15) is 8.78 Å². The average Bonchev–Trinajstić information content (AvgIpc) is 3.00. The van der Waals surface area contributed by atoms with Crippen LogP contribution in [0.25, 0.3) is 11.0 Å². The summed E-state index contributed by atoms with van der Waals surface area (Å²) < 4.78 is 30.7. The topological polar surface area (TPSA) is 35.6 Å². The quantitative estimate of drug-likeness (QED) is 0.693. The van der Waals surface area contributed by atoms with Gasteiger partial charge < -0.3 is 4.57 Å². The Bertz CT molecular complexity index is 794. The second-order valence-corrected chi connectivity index (χ2v) is 5.12. The molecule has 21 heavy (non-hydrogen) atoms. The smallest absolute Gasteiger partial charge is 0.153 e. The zero-order valence-electron chi connectivity index (χ0n) is 11.4. The zero-order chi connectivity index (χ0) is 15.0. The minimum atomic E-state index is -0.676. The molecule has 0 bridgehead atoms. The van der Waals surface area contributed by atoms with Crippen molar-refractivity contribution in [2.24, 2.45) is 0 Å². The van der Waals surface area contributed by atoms with Crippen LogP contribution in [-0.4, -0.2) is 19.3 Å². The van der Waals surface area contributed by atoms with E-state index in [1.54, 1.807) is 15.4 Å². The summed E-state index contributed by atoms with van der Waals surface area (Å²) in [6, 6.07) is 2.10. The fourth-order valence-electron chi connectivity index (χ4n) is 2.34.